The van der Waals surface area contributed by atoms with Crippen molar-refractivity contribution >= 4 is 12.1 Å². The van der Waals surface area contributed by atoms with E-state index < -0.39 is 0 Å². The van der Waals surface area contributed by atoms with Crippen molar-refractivity contribution in [3.8, 4) is 0 Å². The van der Waals surface area contributed by atoms with E-state index >= 15 is 0 Å². The zero-order valence-electron chi connectivity index (χ0n) is 10.0. The van der Waals surface area contributed by atoms with Crippen LogP contribution in [0.1, 0.15) is 31.4 Å². The van der Waals surface area contributed by atoms with E-state index in [9.17, 15) is 4.79 Å². The van der Waals surface area contributed by atoms with Gasteiger partial charge in [0.2, 0.25) is 5.91 Å². The van der Waals surface area contributed by atoms with Crippen molar-refractivity contribution in [1.82, 2.24) is 5.43 Å². The SMILES string of the molecule is Cc1ccc(C=NNC(=O)CC(C)C)cc1. The highest BCUT2D eigenvalue weighted by Gasteiger charge is 2.01. The van der Waals surface area contributed by atoms with E-state index in [0.29, 0.717) is 12.3 Å². The molecule has 86 valence electrons. The van der Waals surface area contributed by atoms with Gasteiger partial charge in [-0.1, -0.05) is 43.7 Å². The van der Waals surface area contributed by atoms with Crippen LogP contribution >= 0.6 is 0 Å². The number of nitrogens with one attached hydrogen (secondary N) is 1. The minimum atomic E-state index is -0.0432. The van der Waals surface area contributed by atoms with E-state index in [2.05, 4.69) is 10.5 Å². The van der Waals surface area contributed by atoms with Gasteiger partial charge in [-0.3, -0.25) is 4.79 Å². The molecule has 0 aliphatic rings. The average Bonchev–Trinajstić information content (AvgIpc) is 2.20. The molecule has 0 heterocycles. The van der Waals surface area contributed by atoms with E-state index in [1.807, 2.05) is 45.0 Å². The van der Waals surface area contributed by atoms with Crippen LogP contribution in [0.4, 0.5) is 0 Å². The number of hydrogen-bond acceptors (Lipinski definition) is 2. The molecule has 0 aliphatic heterocycles. The standard InChI is InChI=1S/C13H18N2O/c1-10(2)8-13(16)15-14-9-12-6-4-11(3)5-7-12/h4-7,9-10H,8H2,1-3H3,(H,15,16). The third kappa shape index (κ3) is 4.73. The first-order chi connectivity index (χ1) is 7.58. The summed E-state index contributed by atoms with van der Waals surface area (Å²) < 4.78 is 0. The second kappa shape index (κ2) is 6.05. The molecule has 0 bridgehead atoms. The Morgan fingerprint density at radius 1 is 1.38 bits per heavy atom. The van der Waals surface area contributed by atoms with Gasteiger partial charge in [-0.05, 0) is 18.4 Å². The van der Waals surface area contributed by atoms with Crippen molar-refractivity contribution in [2.24, 2.45) is 11.0 Å². The van der Waals surface area contributed by atoms with Crippen molar-refractivity contribution < 1.29 is 4.79 Å². The third-order valence-corrected chi connectivity index (χ3v) is 2.07. The minimum absolute atomic E-state index is 0.0432. The molecular formula is C13H18N2O. The van der Waals surface area contributed by atoms with E-state index in [1.165, 1.54) is 5.56 Å². The molecule has 1 aromatic carbocycles. The summed E-state index contributed by atoms with van der Waals surface area (Å²) in [7, 11) is 0. The van der Waals surface area contributed by atoms with Crippen LogP contribution < -0.4 is 5.43 Å². The average molecular weight is 218 g/mol. The number of aryl methyl sites for hydroxylation is 1. The number of carbonyl (C=O) groups excluding carboxylic acids is 1. The van der Waals surface area contributed by atoms with Crippen LogP contribution in [0, 0.1) is 12.8 Å². The number of benzene rings is 1. The van der Waals surface area contributed by atoms with Gasteiger partial charge >= 0.3 is 0 Å². The fraction of sp³-hybridized carbons (Fsp3) is 0.385. The molecule has 0 saturated heterocycles. The number of rotatable bonds is 4. The molecule has 1 amide bonds. The Balaban J connectivity index is 2.43. The summed E-state index contributed by atoms with van der Waals surface area (Å²) in [5, 5.41) is 3.90. The summed E-state index contributed by atoms with van der Waals surface area (Å²) in [4.78, 5) is 11.3. The zero-order valence-corrected chi connectivity index (χ0v) is 10.0. The molecule has 0 fully saturated rings. The van der Waals surface area contributed by atoms with Gasteiger partial charge in [-0.15, -0.1) is 0 Å². The van der Waals surface area contributed by atoms with E-state index in [1.54, 1.807) is 6.21 Å². The lowest BCUT2D eigenvalue weighted by molar-refractivity contribution is -0.121. The maximum atomic E-state index is 11.3. The summed E-state index contributed by atoms with van der Waals surface area (Å²) in [5.74, 6) is 0.313. The molecule has 3 heteroatoms. The molecular weight excluding hydrogens is 200 g/mol. The number of hydrazone groups is 1. The van der Waals surface area contributed by atoms with Crippen LogP contribution in [-0.4, -0.2) is 12.1 Å². The molecule has 0 unspecified atom stereocenters. The smallest absolute Gasteiger partial charge is 0.240 e. The molecule has 0 radical (unpaired) electrons. The Hall–Kier alpha value is -1.64. The van der Waals surface area contributed by atoms with Crippen LogP contribution in [0.3, 0.4) is 0 Å². The molecule has 0 aromatic heterocycles. The number of hydrogen-bond donors (Lipinski definition) is 1. The molecule has 16 heavy (non-hydrogen) atoms. The summed E-state index contributed by atoms with van der Waals surface area (Å²) >= 11 is 0. The van der Waals surface area contributed by atoms with Crippen LogP contribution in [-0.2, 0) is 4.79 Å². The van der Waals surface area contributed by atoms with Crippen molar-refractivity contribution in [2.75, 3.05) is 0 Å². The monoisotopic (exact) mass is 218 g/mol. The quantitative estimate of drug-likeness (QED) is 0.612. The van der Waals surface area contributed by atoms with Gasteiger partial charge in [0, 0.05) is 6.42 Å². The molecule has 0 spiro atoms. The van der Waals surface area contributed by atoms with Gasteiger partial charge in [0.1, 0.15) is 0 Å². The highest BCUT2D eigenvalue weighted by molar-refractivity contribution is 5.82. The maximum absolute atomic E-state index is 11.3. The van der Waals surface area contributed by atoms with Gasteiger partial charge in [0.25, 0.3) is 0 Å². The largest absolute Gasteiger partial charge is 0.273 e. The lowest BCUT2D eigenvalue weighted by Crippen LogP contribution is -2.19. The van der Waals surface area contributed by atoms with Gasteiger partial charge in [-0.2, -0.15) is 5.10 Å². The van der Waals surface area contributed by atoms with Crippen LogP contribution in [0.15, 0.2) is 29.4 Å². The van der Waals surface area contributed by atoms with Crippen molar-refractivity contribution in [3.63, 3.8) is 0 Å². The van der Waals surface area contributed by atoms with E-state index in [-0.39, 0.29) is 5.91 Å². The van der Waals surface area contributed by atoms with Gasteiger partial charge < -0.3 is 0 Å². The topological polar surface area (TPSA) is 41.5 Å². The van der Waals surface area contributed by atoms with Crippen LogP contribution in [0.25, 0.3) is 0 Å². The first-order valence-electron chi connectivity index (χ1n) is 5.46. The van der Waals surface area contributed by atoms with E-state index in [0.717, 1.165) is 5.56 Å². The molecule has 0 atom stereocenters. The minimum Gasteiger partial charge on any atom is -0.273 e. The Kier molecular flexibility index (Phi) is 4.70. The second-order valence-corrected chi connectivity index (χ2v) is 4.30. The van der Waals surface area contributed by atoms with Gasteiger partial charge in [0.05, 0.1) is 6.21 Å². The van der Waals surface area contributed by atoms with E-state index in [4.69, 9.17) is 0 Å². The highest BCUT2D eigenvalue weighted by Crippen LogP contribution is 2.00. The first-order valence-corrected chi connectivity index (χ1v) is 5.46. The first kappa shape index (κ1) is 12.4. The maximum Gasteiger partial charge on any atom is 0.240 e. The van der Waals surface area contributed by atoms with Gasteiger partial charge in [-0.25, -0.2) is 5.43 Å². The molecule has 3 nitrogen and oxygen atoms in total. The fourth-order valence-electron chi connectivity index (χ4n) is 1.25. The summed E-state index contributed by atoms with van der Waals surface area (Å²) in [6, 6.07) is 7.95. The summed E-state index contributed by atoms with van der Waals surface area (Å²) in [5.41, 5.74) is 4.70. The Bertz CT molecular complexity index is 366. The van der Waals surface area contributed by atoms with Crippen LogP contribution in [0.2, 0.25) is 0 Å². The summed E-state index contributed by atoms with van der Waals surface area (Å²) in [6.45, 7) is 6.04. The predicted molar refractivity (Wildman–Crippen MR) is 66.4 cm³/mol. The third-order valence-electron chi connectivity index (χ3n) is 2.07. The molecule has 0 aliphatic carbocycles. The van der Waals surface area contributed by atoms with Crippen molar-refractivity contribution in [1.29, 1.82) is 0 Å². The molecule has 1 aromatic rings. The molecule has 1 N–H and O–H groups in total. The Morgan fingerprint density at radius 2 is 2.00 bits per heavy atom. The Labute approximate surface area is 96.6 Å². The fourth-order valence-corrected chi connectivity index (χ4v) is 1.25. The van der Waals surface area contributed by atoms with Gasteiger partial charge in [0.15, 0.2) is 0 Å². The van der Waals surface area contributed by atoms with Crippen molar-refractivity contribution in [3.05, 3.63) is 35.4 Å². The number of carbonyl (C=O) groups is 1. The Morgan fingerprint density at radius 3 is 2.56 bits per heavy atom. The van der Waals surface area contributed by atoms with Crippen LogP contribution in [0.5, 0.6) is 0 Å². The molecule has 1 rings (SSSR count). The summed E-state index contributed by atoms with van der Waals surface area (Å²) in [6.07, 6.45) is 2.16. The lowest BCUT2D eigenvalue weighted by atomic mass is 10.1. The highest BCUT2D eigenvalue weighted by atomic mass is 16.2. The molecule has 0 saturated carbocycles. The second-order valence-electron chi connectivity index (χ2n) is 4.30. The predicted octanol–water partition coefficient (Wildman–Crippen LogP) is 2.49. The normalized spacial score (nSPS) is 11.0. The number of nitrogens with zero attached hydrogens (tertiary/aromatic N) is 1. The van der Waals surface area contributed by atoms with Crippen molar-refractivity contribution in [2.45, 2.75) is 27.2 Å². The lowest BCUT2D eigenvalue weighted by Gasteiger charge is -2.01. The zero-order chi connectivity index (χ0) is 12.0. The number of amides is 1.